The molecule has 78 valence electrons. The van der Waals surface area contributed by atoms with Crippen LogP contribution in [-0.2, 0) is 4.74 Å². The first-order valence-corrected chi connectivity index (χ1v) is 4.25. The first kappa shape index (κ1) is 10.8. The molecule has 0 aromatic rings. The Morgan fingerprint density at radius 1 is 1.54 bits per heavy atom. The second-order valence-corrected chi connectivity index (χ2v) is 3.58. The van der Waals surface area contributed by atoms with Gasteiger partial charge in [0, 0.05) is 13.7 Å². The van der Waals surface area contributed by atoms with Crippen LogP contribution in [0.2, 0.25) is 0 Å². The van der Waals surface area contributed by atoms with Gasteiger partial charge in [0.15, 0.2) is 0 Å². The van der Waals surface area contributed by atoms with E-state index in [1.54, 1.807) is 0 Å². The monoisotopic (exact) mass is 197 g/mol. The standard InChI is InChI=1S/C8H14F3NO/c1-13-6-2-3-7(4-6,5-12)8(9,10)11/h6H,2-5,12H2,1H3/t6-,7-/m1/s1. The quantitative estimate of drug-likeness (QED) is 0.731. The van der Waals surface area contributed by atoms with Crippen LogP contribution in [0.4, 0.5) is 13.2 Å². The van der Waals surface area contributed by atoms with Gasteiger partial charge in [-0.25, -0.2) is 0 Å². The molecule has 0 aromatic heterocycles. The van der Waals surface area contributed by atoms with Gasteiger partial charge >= 0.3 is 6.18 Å². The highest BCUT2D eigenvalue weighted by Crippen LogP contribution is 2.50. The second-order valence-electron chi connectivity index (χ2n) is 3.58. The summed E-state index contributed by atoms with van der Waals surface area (Å²) in [5.41, 5.74) is 3.50. The first-order valence-electron chi connectivity index (χ1n) is 4.25. The van der Waals surface area contributed by atoms with Crippen LogP contribution in [0, 0.1) is 5.41 Å². The zero-order valence-corrected chi connectivity index (χ0v) is 7.53. The van der Waals surface area contributed by atoms with Crippen LogP contribution in [0.3, 0.4) is 0 Å². The molecule has 0 bridgehead atoms. The van der Waals surface area contributed by atoms with Crippen molar-refractivity contribution >= 4 is 0 Å². The predicted molar refractivity (Wildman–Crippen MR) is 42.2 cm³/mol. The lowest BCUT2D eigenvalue weighted by Crippen LogP contribution is -2.42. The van der Waals surface area contributed by atoms with E-state index in [-0.39, 0.29) is 25.5 Å². The third kappa shape index (κ3) is 1.81. The smallest absolute Gasteiger partial charge is 0.381 e. The molecular formula is C8H14F3NO. The third-order valence-corrected chi connectivity index (χ3v) is 2.89. The molecule has 1 saturated carbocycles. The normalized spacial score (nSPS) is 35.3. The van der Waals surface area contributed by atoms with Crippen molar-refractivity contribution in [3.05, 3.63) is 0 Å². The fraction of sp³-hybridized carbons (Fsp3) is 1.00. The van der Waals surface area contributed by atoms with Gasteiger partial charge in [-0.1, -0.05) is 0 Å². The number of hydrogen-bond donors (Lipinski definition) is 1. The maximum Gasteiger partial charge on any atom is 0.395 e. The van der Waals surface area contributed by atoms with Crippen molar-refractivity contribution in [2.45, 2.75) is 31.5 Å². The number of methoxy groups -OCH3 is 1. The van der Waals surface area contributed by atoms with E-state index in [2.05, 4.69) is 0 Å². The molecular weight excluding hydrogens is 183 g/mol. The summed E-state index contributed by atoms with van der Waals surface area (Å²) >= 11 is 0. The van der Waals surface area contributed by atoms with Gasteiger partial charge in [0.25, 0.3) is 0 Å². The fourth-order valence-electron chi connectivity index (χ4n) is 1.84. The SMILES string of the molecule is CO[C@@H]1CC[C@@](CN)(C(F)(F)F)C1. The van der Waals surface area contributed by atoms with E-state index in [1.807, 2.05) is 0 Å². The van der Waals surface area contributed by atoms with Crippen molar-refractivity contribution in [3.8, 4) is 0 Å². The summed E-state index contributed by atoms with van der Waals surface area (Å²) in [5.74, 6) is 0. The van der Waals surface area contributed by atoms with Gasteiger partial charge in [-0.05, 0) is 19.3 Å². The molecule has 1 aliphatic carbocycles. The summed E-state index contributed by atoms with van der Waals surface area (Å²) in [5, 5.41) is 0. The summed E-state index contributed by atoms with van der Waals surface area (Å²) in [6.07, 6.45) is -3.94. The maximum absolute atomic E-state index is 12.6. The van der Waals surface area contributed by atoms with Gasteiger partial charge in [-0.15, -0.1) is 0 Å². The van der Waals surface area contributed by atoms with Crippen molar-refractivity contribution in [2.75, 3.05) is 13.7 Å². The Bertz CT molecular complexity index is 183. The number of ether oxygens (including phenoxy) is 1. The molecule has 1 rings (SSSR count). The molecule has 0 saturated heterocycles. The van der Waals surface area contributed by atoms with Gasteiger partial charge in [-0.2, -0.15) is 13.2 Å². The van der Waals surface area contributed by atoms with E-state index in [0.717, 1.165) is 0 Å². The maximum atomic E-state index is 12.6. The Kier molecular flexibility index (Phi) is 2.87. The summed E-state index contributed by atoms with van der Waals surface area (Å²) < 4.78 is 42.7. The molecule has 13 heavy (non-hydrogen) atoms. The Balaban J connectivity index is 2.74. The number of halogens is 3. The van der Waals surface area contributed by atoms with Gasteiger partial charge in [0.05, 0.1) is 11.5 Å². The first-order chi connectivity index (χ1) is 5.95. The van der Waals surface area contributed by atoms with E-state index >= 15 is 0 Å². The molecule has 2 N–H and O–H groups in total. The van der Waals surface area contributed by atoms with E-state index < -0.39 is 11.6 Å². The number of rotatable bonds is 2. The lowest BCUT2D eigenvalue weighted by Gasteiger charge is -2.30. The molecule has 2 atom stereocenters. The van der Waals surface area contributed by atoms with Crippen LogP contribution in [0.25, 0.3) is 0 Å². The van der Waals surface area contributed by atoms with Crippen LogP contribution < -0.4 is 5.73 Å². The van der Waals surface area contributed by atoms with Gasteiger partial charge in [0.2, 0.25) is 0 Å². The second kappa shape index (κ2) is 3.46. The van der Waals surface area contributed by atoms with Crippen LogP contribution in [0.15, 0.2) is 0 Å². The lowest BCUT2D eigenvalue weighted by molar-refractivity contribution is -0.220. The number of nitrogens with two attached hydrogens (primary N) is 1. The lowest BCUT2D eigenvalue weighted by atomic mass is 9.85. The van der Waals surface area contributed by atoms with E-state index in [9.17, 15) is 13.2 Å². The highest BCUT2D eigenvalue weighted by Gasteiger charge is 2.57. The topological polar surface area (TPSA) is 35.2 Å². The summed E-state index contributed by atoms with van der Waals surface area (Å²) in [6, 6.07) is 0. The van der Waals surface area contributed by atoms with Crippen LogP contribution in [0.1, 0.15) is 19.3 Å². The van der Waals surface area contributed by atoms with Crippen molar-refractivity contribution < 1.29 is 17.9 Å². The minimum Gasteiger partial charge on any atom is -0.381 e. The zero-order chi connectivity index (χ0) is 10.1. The van der Waals surface area contributed by atoms with Crippen molar-refractivity contribution in [3.63, 3.8) is 0 Å². The molecule has 1 fully saturated rings. The third-order valence-electron chi connectivity index (χ3n) is 2.89. The van der Waals surface area contributed by atoms with Crippen molar-refractivity contribution in [1.29, 1.82) is 0 Å². The van der Waals surface area contributed by atoms with Crippen LogP contribution in [0.5, 0.6) is 0 Å². The zero-order valence-electron chi connectivity index (χ0n) is 7.53. The molecule has 0 aliphatic heterocycles. The van der Waals surface area contributed by atoms with E-state index in [4.69, 9.17) is 10.5 Å². The number of alkyl halides is 3. The molecule has 0 heterocycles. The minimum absolute atomic E-state index is 0.00347. The highest BCUT2D eigenvalue weighted by atomic mass is 19.4. The molecule has 0 radical (unpaired) electrons. The Morgan fingerprint density at radius 3 is 2.38 bits per heavy atom. The van der Waals surface area contributed by atoms with Gasteiger partial charge in [-0.3, -0.25) is 0 Å². The highest BCUT2D eigenvalue weighted by molar-refractivity contribution is 4.95. The average Bonchev–Trinajstić information content (AvgIpc) is 2.47. The molecule has 0 aromatic carbocycles. The summed E-state index contributed by atoms with van der Waals surface area (Å²) in [4.78, 5) is 0. The van der Waals surface area contributed by atoms with Gasteiger partial charge in [0.1, 0.15) is 0 Å². The molecule has 0 unspecified atom stereocenters. The molecule has 1 aliphatic rings. The Labute approximate surface area is 75.2 Å². The van der Waals surface area contributed by atoms with Gasteiger partial charge < -0.3 is 10.5 Å². The molecule has 5 heteroatoms. The van der Waals surface area contributed by atoms with Crippen molar-refractivity contribution in [2.24, 2.45) is 11.1 Å². The van der Waals surface area contributed by atoms with E-state index in [1.165, 1.54) is 7.11 Å². The fourth-order valence-corrected chi connectivity index (χ4v) is 1.84. The molecule has 0 spiro atoms. The van der Waals surface area contributed by atoms with Crippen molar-refractivity contribution in [1.82, 2.24) is 0 Å². The average molecular weight is 197 g/mol. The predicted octanol–water partition coefficient (Wildman–Crippen LogP) is 1.69. The molecule has 2 nitrogen and oxygen atoms in total. The van der Waals surface area contributed by atoms with E-state index in [0.29, 0.717) is 6.42 Å². The Morgan fingerprint density at radius 2 is 2.15 bits per heavy atom. The van der Waals surface area contributed by atoms with Crippen LogP contribution in [-0.4, -0.2) is 25.9 Å². The minimum atomic E-state index is -4.20. The van der Waals surface area contributed by atoms with Crippen LogP contribution >= 0.6 is 0 Å². The molecule has 0 amide bonds. The summed E-state index contributed by atoms with van der Waals surface area (Å²) in [7, 11) is 1.44. The summed E-state index contributed by atoms with van der Waals surface area (Å²) in [6.45, 7) is -0.337. The largest absolute Gasteiger partial charge is 0.395 e. The Hall–Kier alpha value is -0.290. The number of hydrogen-bond acceptors (Lipinski definition) is 2.